The van der Waals surface area contributed by atoms with Gasteiger partial charge in [0.05, 0.1) is 34.1 Å². The van der Waals surface area contributed by atoms with Crippen molar-refractivity contribution in [3.63, 3.8) is 0 Å². The average molecular weight is 773 g/mol. The number of rotatable bonds is 5. The molecule has 280 valence electrons. The largest absolute Gasteiger partial charge is 0.309 e. The fourth-order valence-corrected chi connectivity index (χ4v) is 9.99. The summed E-state index contributed by atoms with van der Waals surface area (Å²) in [6.07, 6.45) is 3.62. The second kappa shape index (κ2) is 12.8. The Labute approximate surface area is 350 Å². The molecule has 0 aliphatic heterocycles. The zero-order valence-electron chi connectivity index (χ0n) is 32.8. The predicted octanol–water partition coefficient (Wildman–Crippen LogP) is 14.8. The van der Waals surface area contributed by atoms with E-state index in [2.05, 4.69) is 173 Å². The van der Waals surface area contributed by atoms with E-state index in [1.807, 2.05) is 36.7 Å². The highest BCUT2D eigenvalue weighted by Crippen LogP contribution is 2.44. The van der Waals surface area contributed by atoms with Crippen LogP contribution >= 0.6 is 0 Å². The van der Waals surface area contributed by atoms with Crippen LogP contribution in [0.25, 0.3) is 126 Å². The molecule has 3 heterocycles. The van der Waals surface area contributed by atoms with Gasteiger partial charge in [-0.2, -0.15) is 5.26 Å². The van der Waals surface area contributed by atoms with E-state index >= 15 is 0 Å². The molecule has 3 aromatic heterocycles. The third kappa shape index (κ3) is 5.05. The lowest BCUT2D eigenvalue weighted by Crippen LogP contribution is -1.93. The molecule has 0 aliphatic rings. The van der Waals surface area contributed by atoms with Gasteiger partial charge in [-0.05, 0) is 162 Å². The van der Waals surface area contributed by atoms with E-state index in [-0.39, 0.29) is 0 Å². The SMILES string of the molecule is N#Cc1ccc2c3c1ccc1c(-c4ccc5cc(-c6cc7ccc8cc(-c9cccc(-c%10ccncc%10)n9)cc9ccc(c6)c7c89)ccc5c4)ccc(c13)n2-c1ccccc1. The summed E-state index contributed by atoms with van der Waals surface area (Å²) in [6, 6.07) is 68.0. The van der Waals surface area contributed by atoms with Crippen molar-refractivity contribution in [1.29, 1.82) is 5.26 Å². The molecule has 61 heavy (non-hydrogen) atoms. The number of para-hydroxylation sites is 1. The van der Waals surface area contributed by atoms with Gasteiger partial charge in [-0.1, -0.05) is 91.0 Å². The summed E-state index contributed by atoms with van der Waals surface area (Å²) in [5.41, 5.74) is 12.9. The van der Waals surface area contributed by atoms with Crippen molar-refractivity contribution >= 4 is 75.7 Å². The maximum absolute atomic E-state index is 10.0. The normalized spacial score (nSPS) is 11.9. The van der Waals surface area contributed by atoms with E-state index in [4.69, 9.17) is 4.98 Å². The summed E-state index contributed by atoms with van der Waals surface area (Å²) in [4.78, 5) is 9.21. The van der Waals surface area contributed by atoms with E-state index in [1.54, 1.807) is 0 Å². The first-order valence-electron chi connectivity index (χ1n) is 20.6. The van der Waals surface area contributed by atoms with Gasteiger partial charge in [0.15, 0.2) is 0 Å². The number of aromatic nitrogens is 3. The summed E-state index contributed by atoms with van der Waals surface area (Å²) in [6.45, 7) is 0. The Morgan fingerprint density at radius 3 is 1.64 bits per heavy atom. The number of nitriles is 1. The van der Waals surface area contributed by atoms with Crippen LogP contribution in [-0.2, 0) is 0 Å². The van der Waals surface area contributed by atoms with E-state index in [0.717, 1.165) is 50.0 Å². The Balaban J connectivity index is 0.881. The minimum Gasteiger partial charge on any atom is -0.309 e. The predicted molar refractivity (Wildman–Crippen MR) is 253 cm³/mol. The summed E-state index contributed by atoms with van der Waals surface area (Å²) >= 11 is 0. The molecule has 0 saturated heterocycles. The third-order valence-corrected chi connectivity index (χ3v) is 12.8. The Kier molecular flexibility index (Phi) is 7.05. The van der Waals surface area contributed by atoms with E-state index in [1.165, 1.54) is 76.1 Å². The molecule has 0 fully saturated rings. The van der Waals surface area contributed by atoms with Crippen molar-refractivity contribution in [3.05, 3.63) is 200 Å². The summed E-state index contributed by atoms with van der Waals surface area (Å²) in [5, 5.41) is 24.5. The lowest BCUT2D eigenvalue weighted by molar-refractivity contribution is 1.18. The molecule has 13 aromatic rings. The second-order valence-electron chi connectivity index (χ2n) is 16.1. The maximum atomic E-state index is 10.0. The van der Waals surface area contributed by atoms with Gasteiger partial charge in [0.25, 0.3) is 0 Å². The number of fused-ring (bicyclic) bond motifs is 1. The fourth-order valence-electron chi connectivity index (χ4n) is 9.99. The van der Waals surface area contributed by atoms with Crippen LogP contribution in [0, 0.1) is 11.3 Å². The topological polar surface area (TPSA) is 54.5 Å². The molecular weight excluding hydrogens is 741 g/mol. The standard InChI is InChI=1S/C57H32N4/c58-33-43-17-21-52-56-48(43)18-19-49-47(20-22-53(57(49)56)61(52)46-5-2-1-3-6-46)38-12-11-35-27-37(10-9-36(35)28-38)44-29-39-13-15-41-31-45(32-42-16-14-40(30-44)54(39)55(41)42)51-8-4-7-50(60-51)34-23-25-59-26-24-34/h1-32H. The number of hydrogen-bond donors (Lipinski definition) is 0. The quantitative estimate of drug-likeness (QED) is 0.164. The van der Waals surface area contributed by atoms with Crippen molar-refractivity contribution in [3.8, 4) is 56.5 Å². The Bertz CT molecular complexity index is 3870. The van der Waals surface area contributed by atoms with E-state index in [0.29, 0.717) is 5.56 Å². The highest BCUT2D eigenvalue weighted by Gasteiger charge is 2.21. The van der Waals surface area contributed by atoms with Gasteiger partial charge in [-0.3, -0.25) is 4.98 Å². The molecular formula is C57H32N4. The van der Waals surface area contributed by atoms with Crippen molar-refractivity contribution in [2.45, 2.75) is 0 Å². The third-order valence-electron chi connectivity index (χ3n) is 12.8. The van der Waals surface area contributed by atoms with Crippen molar-refractivity contribution < 1.29 is 0 Å². The zero-order chi connectivity index (χ0) is 40.2. The zero-order valence-corrected chi connectivity index (χ0v) is 32.8. The lowest BCUT2D eigenvalue weighted by Gasteiger charge is -2.15. The molecule has 4 nitrogen and oxygen atoms in total. The summed E-state index contributed by atoms with van der Waals surface area (Å²) in [7, 11) is 0. The van der Waals surface area contributed by atoms with Gasteiger partial charge in [0.1, 0.15) is 0 Å². The molecule has 0 radical (unpaired) electrons. The lowest BCUT2D eigenvalue weighted by atomic mass is 9.89. The van der Waals surface area contributed by atoms with Gasteiger partial charge in [-0.25, -0.2) is 4.98 Å². The van der Waals surface area contributed by atoms with Crippen LogP contribution < -0.4 is 0 Å². The molecule has 10 aromatic carbocycles. The van der Waals surface area contributed by atoms with E-state index < -0.39 is 0 Å². The Morgan fingerprint density at radius 2 is 0.951 bits per heavy atom. The fraction of sp³-hybridized carbons (Fsp3) is 0. The van der Waals surface area contributed by atoms with Gasteiger partial charge in [0, 0.05) is 45.4 Å². The molecule has 0 atom stereocenters. The molecule has 0 spiro atoms. The summed E-state index contributed by atoms with van der Waals surface area (Å²) in [5.74, 6) is 0. The summed E-state index contributed by atoms with van der Waals surface area (Å²) < 4.78 is 2.33. The van der Waals surface area contributed by atoms with Gasteiger partial charge >= 0.3 is 0 Å². The average Bonchev–Trinajstić information content (AvgIpc) is 3.67. The van der Waals surface area contributed by atoms with Crippen molar-refractivity contribution in [1.82, 2.24) is 14.5 Å². The van der Waals surface area contributed by atoms with Gasteiger partial charge in [0.2, 0.25) is 0 Å². The number of nitrogens with zero attached hydrogens (tertiary/aromatic N) is 4. The number of benzene rings is 10. The minimum atomic E-state index is 0.699. The van der Waals surface area contributed by atoms with Crippen LogP contribution in [0.2, 0.25) is 0 Å². The molecule has 13 rings (SSSR count). The number of pyridine rings is 2. The van der Waals surface area contributed by atoms with Gasteiger partial charge in [-0.15, -0.1) is 0 Å². The highest BCUT2D eigenvalue weighted by molar-refractivity contribution is 6.28. The van der Waals surface area contributed by atoms with E-state index in [9.17, 15) is 5.26 Å². The Hall–Kier alpha value is -8.39. The van der Waals surface area contributed by atoms with Crippen LogP contribution in [-0.4, -0.2) is 14.5 Å². The number of hydrogen-bond acceptors (Lipinski definition) is 3. The van der Waals surface area contributed by atoms with Crippen molar-refractivity contribution in [2.75, 3.05) is 0 Å². The minimum absolute atomic E-state index is 0.699. The molecule has 0 saturated carbocycles. The Morgan fingerprint density at radius 1 is 0.393 bits per heavy atom. The maximum Gasteiger partial charge on any atom is 0.0998 e. The molecule has 0 unspecified atom stereocenters. The van der Waals surface area contributed by atoms with Crippen LogP contribution in [0.5, 0.6) is 0 Å². The van der Waals surface area contributed by atoms with Crippen LogP contribution in [0.3, 0.4) is 0 Å². The van der Waals surface area contributed by atoms with Crippen LogP contribution in [0.15, 0.2) is 194 Å². The molecule has 4 heteroatoms. The molecule has 0 amide bonds. The highest BCUT2D eigenvalue weighted by atomic mass is 15.0. The van der Waals surface area contributed by atoms with Crippen molar-refractivity contribution in [2.24, 2.45) is 0 Å². The first kappa shape index (κ1) is 33.6. The molecule has 0 bridgehead atoms. The first-order valence-corrected chi connectivity index (χ1v) is 20.6. The van der Waals surface area contributed by atoms with Crippen LogP contribution in [0.1, 0.15) is 5.56 Å². The molecule has 0 aliphatic carbocycles. The van der Waals surface area contributed by atoms with Crippen LogP contribution in [0.4, 0.5) is 0 Å². The molecule has 0 N–H and O–H groups in total. The first-order chi connectivity index (χ1) is 30.2. The second-order valence-corrected chi connectivity index (χ2v) is 16.1. The van der Waals surface area contributed by atoms with Gasteiger partial charge < -0.3 is 4.57 Å². The monoisotopic (exact) mass is 772 g/mol. The smallest absolute Gasteiger partial charge is 0.0998 e.